The van der Waals surface area contributed by atoms with Crippen LogP contribution in [0.25, 0.3) is 11.4 Å². The number of fused-ring (bicyclic) bond motifs is 1. The lowest BCUT2D eigenvalue weighted by Crippen LogP contribution is -2.43. The molecule has 2 aliphatic heterocycles. The quantitative estimate of drug-likeness (QED) is 0.683. The number of hydrogen-bond donors (Lipinski definition) is 1. The van der Waals surface area contributed by atoms with Gasteiger partial charge in [-0.25, -0.2) is 0 Å². The van der Waals surface area contributed by atoms with E-state index < -0.39 is 5.56 Å². The Labute approximate surface area is 178 Å². The van der Waals surface area contributed by atoms with E-state index >= 15 is 0 Å². The van der Waals surface area contributed by atoms with E-state index in [0.29, 0.717) is 42.6 Å². The lowest BCUT2D eigenvalue weighted by Gasteiger charge is -2.31. The third kappa shape index (κ3) is 4.68. The molecule has 1 aromatic carbocycles. The fraction of sp³-hybridized carbons (Fsp3) is 0.476. The molecular formula is C21H24N4O6. The molecule has 3 heterocycles. The molecule has 1 unspecified atom stereocenters. The Morgan fingerprint density at radius 3 is 2.90 bits per heavy atom. The normalized spacial score (nSPS) is 17.5. The molecule has 2 aromatic rings. The maximum absolute atomic E-state index is 12.6. The Morgan fingerprint density at radius 2 is 2.10 bits per heavy atom. The van der Waals surface area contributed by atoms with Gasteiger partial charge in [-0.3, -0.25) is 14.4 Å². The van der Waals surface area contributed by atoms with Crippen molar-refractivity contribution in [3.8, 4) is 22.9 Å². The first-order valence-corrected chi connectivity index (χ1v) is 10.4. The molecule has 1 saturated heterocycles. The highest BCUT2D eigenvalue weighted by Crippen LogP contribution is 2.34. The number of nitrogens with zero attached hydrogens (tertiary/aromatic N) is 3. The summed E-state index contributed by atoms with van der Waals surface area (Å²) in [6.07, 6.45) is 1.76. The fourth-order valence-electron chi connectivity index (χ4n) is 3.74. The van der Waals surface area contributed by atoms with Gasteiger partial charge in [0, 0.05) is 31.5 Å². The van der Waals surface area contributed by atoms with E-state index in [1.54, 1.807) is 30.0 Å². The van der Waals surface area contributed by atoms with Crippen LogP contribution in [-0.2, 0) is 20.7 Å². The standard InChI is InChI=1S/C21H24N4O6/c1-2-29-21(28)14-4-3-9-25(11-14)18(26)8-6-15-20(27)22-19(24-23-15)13-5-7-16-17(10-13)31-12-30-16/h5,7,10,14H,2-4,6,8-9,11-12H2,1H3,(H,22,24,27). The van der Waals surface area contributed by atoms with E-state index in [0.717, 1.165) is 12.8 Å². The minimum Gasteiger partial charge on any atom is -0.466 e. The number of nitrogens with one attached hydrogen (secondary N) is 1. The molecule has 1 aromatic heterocycles. The predicted octanol–water partition coefficient (Wildman–Crippen LogP) is 1.29. The van der Waals surface area contributed by atoms with Gasteiger partial charge in [0.25, 0.3) is 5.56 Å². The van der Waals surface area contributed by atoms with Crippen LogP contribution >= 0.6 is 0 Å². The SMILES string of the molecule is CCOC(=O)C1CCCN(C(=O)CCc2nnc(-c3ccc4c(c3)OCO4)[nH]c2=O)C1. The van der Waals surface area contributed by atoms with E-state index in [1.165, 1.54) is 0 Å². The van der Waals surface area contributed by atoms with Crippen LogP contribution < -0.4 is 15.0 Å². The zero-order chi connectivity index (χ0) is 21.8. The molecule has 1 amide bonds. The molecule has 0 spiro atoms. The van der Waals surface area contributed by atoms with Crippen molar-refractivity contribution in [1.29, 1.82) is 0 Å². The molecule has 164 valence electrons. The second kappa shape index (κ2) is 9.15. The second-order valence-corrected chi connectivity index (χ2v) is 7.45. The summed E-state index contributed by atoms with van der Waals surface area (Å²) in [6.45, 7) is 3.20. The number of carbonyl (C=O) groups excluding carboxylic acids is 2. The number of H-pyrrole nitrogens is 1. The first-order chi connectivity index (χ1) is 15.0. The zero-order valence-corrected chi connectivity index (χ0v) is 17.3. The van der Waals surface area contributed by atoms with Crippen molar-refractivity contribution >= 4 is 11.9 Å². The number of carbonyl (C=O) groups is 2. The Morgan fingerprint density at radius 1 is 1.26 bits per heavy atom. The average molecular weight is 428 g/mol. The van der Waals surface area contributed by atoms with Gasteiger partial charge in [-0.1, -0.05) is 0 Å². The number of aromatic amines is 1. The summed E-state index contributed by atoms with van der Waals surface area (Å²) in [6, 6.07) is 5.22. The molecule has 0 saturated carbocycles. The third-order valence-corrected chi connectivity index (χ3v) is 5.38. The number of hydrogen-bond acceptors (Lipinski definition) is 8. The van der Waals surface area contributed by atoms with Crippen LogP contribution in [0.2, 0.25) is 0 Å². The van der Waals surface area contributed by atoms with Crippen LogP contribution in [0.1, 0.15) is 31.9 Å². The Bertz CT molecular complexity index is 1040. The maximum Gasteiger partial charge on any atom is 0.310 e. The summed E-state index contributed by atoms with van der Waals surface area (Å²) < 4.78 is 15.7. The second-order valence-electron chi connectivity index (χ2n) is 7.45. The maximum atomic E-state index is 12.6. The highest BCUT2D eigenvalue weighted by atomic mass is 16.7. The Balaban J connectivity index is 1.37. The number of aryl methyl sites for hydroxylation is 1. The van der Waals surface area contributed by atoms with Crippen LogP contribution in [0, 0.1) is 5.92 Å². The van der Waals surface area contributed by atoms with Gasteiger partial charge in [-0.15, -0.1) is 10.2 Å². The van der Waals surface area contributed by atoms with E-state index in [1.807, 2.05) is 0 Å². The van der Waals surface area contributed by atoms with Crippen LogP contribution in [-0.4, -0.2) is 58.4 Å². The largest absolute Gasteiger partial charge is 0.466 e. The summed E-state index contributed by atoms with van der Waals surface area (Å²) in [7, 11) is 0. The summed E-state index contributed by atoms with van der Waals surface area (Å²) in [5, 5.41) is 8.12. The minimum absolute atomic E-state index is 0.116. The van der Waals surface area contributed by atoms with E-state index in [-0.39, 0.29) is 43.1 Å². The van der Waals surface area contributed by atoms with Crippen LogP contribution in [0.3, 0.4) is 0 Å². The first kappa shape index (κ1) is 20.8. The smallest absolute Gasteiger partial charge is 0.310 e. The van der Waals surface area contributed by atoms with Gasteiger partial charge >= 0.3 is 5.97 Å². The molecule has 10 heteroatoms. The zero-order valence-electron chi connectivity index (χ0n) is 17.3. The van der Waals surface area contributed by atoms with Gasteiger partial charge < -0.3 is 24.1 Å². The highest BCUT2D eigenvalue weighted by molar-refractivity contribution is 5.78. The first-order valence-electron chi connectivity index (χ1n) is 10.4. The van der Waals surface area contributed by atoms with E-state index in [9.17, 15) is 14.4 Å². The monoisotopic (exact) mass is 428 g/mol. The van der Waals surface area contributed by atoms with Crippen LogP contribution in [0.15, 0.2) is 23.0 Å². The van der Waals surface area contributed by atoms with Gasteiger partial charge in [0.1, 0.15) is 5.69 Å². The molecule has 0 radical (unpaired) electrons. The van der Waals surface area contributed by atoms with Crippen molar-refractivity contribution in [3.05, 3.63) is 34.2 Å². The van der Waals surface area contributed by atoms with Crippen molar-refractivity contribution in [2.75, 3.05) is 26.5 Å². The molecule has 1 N–H and O–H groups in total. The van der Waals surface area contributed by atoms with Crippen molar-refractivity contribution in [1.82, 2.24) is 20.1 Å². The summed E-state index contributed by atoms with van der Waals surface area (Å²) in [5.41, 5.74) is 0.449. The number of aromatic nitrogens is 3. The molecule has 4 rings (SSSR count). The lowest BCUT2D eigenvalue weighted by molar-refractivity contribution is -0.151. The molecule has 0 aliphatic carbocycles. The van der Waals surface area contributed by atoms with E-state index in [4.69, 9.17) is 14.2 Å². The molecule has 1 atom stereocenters. The number of benzene rings is 1. The van der Waals surface area contributed by atoms with Crippen molar-refractivity contribution in [3.63, 3.8) is 0 Å². The van der Waals surface area contributed by atoms with Crippen molar-refractivity contribution in [2.24, 2.45) is 5.92 Å². The number of piperidine rings is 1. The Hall–Kier alpha value is -3.43. The average Bonchev–Trinajstić information content (AvgIpc) is 3.26. The molecule has 1 fully saturated rings. The summed E-state index contributed by atoms with van der Waals surface area (Å²) in [5.74, 6) is 0.861. The van der Waals surface area contributed by atoms with E-state index in [2.05, 4.69) is 15.2 Å². The van der Waals surface area contributed by atoms with Crippen LogP contribution in [0.5, 0.6) is 11.5 Å². The lowest BCUT2D eigenvalue weighted by atomic mass is 9.98. The molecule has 31 heavy (non-hydrogen) atoms. The summed E-state index contributed by atoms with van der Waals surface area (Å²) in [4.78, 5) is 41.4. The summed E-state index contributed by atoms with van der Waals surface area (Å²) >= 11 is 0. The molecule has 2 aliphatic rings. The number of rotatable bonds is 6. The van der Waals surface area contributed by atoms with Gasteiger partial charge in [-0.05, 0) is 38.0 Å². The van der Waals surface area contributed by atoms with Gasteiger partial charge in [0.15, 0.2) is 17.3 Å². The Kier molecular flexibility index (Phi) is 6.15. The number of ether oxygens (including phenoxy) is 3. The van der Waals surface area contributed by atoms with Crippen molar-refractivity contribution < 1.29 is 23.8 Å². The molecule has 10 nitrogen and oxygen atoms in total. The topological polar surface area (TPSA) is 124 Å². The number of esters is 1. The minimum atomic E-state index is -0.390. The third-order valence-electron chi connectivity index (χ3n) is 5.38. The molecular weight excluding hydrogens is 404 g/mol. The van der Waals surface area contributed by atoms with Gasteiger partial charge in [-0.2, -0.15) is 0 Å². The predicted molar refractivity (Wildman–Crippen MR) is 108 cm³/mol. The van der Waals surface area contributed by atoms with Gasteiger partial charge in [0.2, 0.25) is 12.7 Å². The fourth-order valence-corrected chi connectivity index (χ4v) is 3.74. The number of likely N-dealkylation sites (tertiary alicyclic amines) is 1. The highest BCUT2D eigenvalue weighted by Gasteiger charge is 2.29. The number of amides is 1. The van der Waals surface area contributed by atoms with Crippen LogP contribution in [0.4, 0.5) is 0 Å². The molecule has 0 bridgehead atoms. The van der Waals surface area contributed by atoms with Crippen molar-refractivity contribution in [2.45, 2.75) is 32.6 Å². The van der Waals surface area contributed by atoms with Gasteiger partial charge in [0.05, 0.1) is 12.5 Å².